The van der Waals surface area contributed by atoms with Crippen molar-refractivity contribution in [2.75, 3.05) is 43.1 Å². The molecule has 0 aromatic heterocycles. The smallest absolute Gasteiger partial charge is 0.120 e. The summed E-state index contributed by atoms with van der Waals surface area (Å²) in [4.78, 5) is 4.74. The third-order valence-electron chi connectivity index (χ3n) is 4.06. The molecule has 1 fully saturated rings. The Morgan fingerprint density at radius 1 is 0.909 bits per heavy atom. The van der Waals surface area contributed by atoms with Crippen LogP contribution < -0.4 is 14.5 Å². The van der Waals surface area contributed by atoms with Crippen LogP contribution in [0.2, 0.25) is 0 Å². The van der Waals surface area contributed by atoms with E-state index in [1.165, 1.54) is 11.4 Å². The first kappa shape index (κ1) is 14.3. The molecule has 0 amide bonds. The molecule has 2 aromatic carbocycles. The molecule has 1 aliphatic rings. The largest absolute Gasteiger partial charge is 0.497 e. The van der Waals surface area contributed by atoms with Crippen LogP contribution in [-0.4, -0.2) is 33.3 Å². The van der Waals surface area contributed by atoms with Gasteiger partial charge in [0.1, 0.15) is 5.75 Å². The minimum absolute atomic E-state index is 0.707. The Hall–Kier alpha value is -2.67. The predicted octanol–water partition coefficient (Wildman–Crippen LogP) is 2.89. The Morgan fingerprint density at radius 2 is 1.55 bits per heavy atom. The number of benzene rings is 2. The zero-order chi connectivity index (χ0) is 15.4. The summed E-state index contributed by atoms with van der Waals surface area (Å²) in [5.74, 6) is 0.895. The fraction of sp³-hybridized carbons (Fsp3) is 0.278. The molecule has 1 aliphatic heterocycles. The topological polar surface area (TPSA) is 39.5 Å². The van der Waals surface area contributed by atoms with Crippen molar-refractivity contribution in [1.29, 1.82) is 5.26 Å². The average Bonchev–Trinajstić information content (AvgIpc) is 2.62. The second kappa shape index (κ2) is 6.40. The predicted molar refractivity (Wildman–Crippen MR) is 88.6 cm³/mol. The highest BCUT2D eigenvalue weighted by molar-refractivity contribution is 5.54. The Balaban J connectivity index is 1.65. The van der Waals surface area contributed by atoms with Gasteiger partial charge < -0.3 is 14.5 Å². The van der Waals surface area contributed by atoms with Gasteiger partial charge >= 0.3 is 0 Å². The first-order chi connectivity index (χ1) is 10.8. The zero-order valence-corrected chi connectivity index (χ0v) is 12.7. The number of methoxy groups -OCH3 is 1. The lowest BCUT2D eigenvalue weighted by Gasteiger charge is -2.37. The van der Waals surface area contributed by atoms with E-state index in [0.29, 0.717) is 5.56 Å². The van der Waals surface area contributed by atoms with Crippen LogP contribution >= 0.6 is 0 Å². The van der Waals surface area contributed by atoms with Gasteiger partial charge in [0.25, 0.3) is 0 Å². The van der Waals surface area contributed by atoms with Gasteiger partial charge in [-0.05, 0) is 36.4 Å². The van der Waals surface area contributed by atoms with Crippen LogP contribution in [0.5, 0.6) is 5.75 Å². The standard InChI is InChI=1S/C18H19N3O/c1-22-18-4-2-3-17(13-18)21-11-9-20(10-12-21)16-7-5-15(14-19)6-8-16/h2-8,13H,9-12H2,1H3. The van der Waals surface area contributed by atoms with Gasteiger partial charge in [-0.3, -0.25) is 0 Å². The minimum atomic E-state index is 0.707. The van der Waals surface area contributed by atoms with Gasteiger partial charge in [-0.1, -0.05) is 6.07 Å². The molecule has 112 valence electrons. The van der Waals surface area contributed by atoms with Crippen LogP contribution in [0.25, 0.3) is 0 Å². The van der Waals surface area contributed by atoms with Gasteiger partial charge in [0.2, 0.25) is 0 Å². The number of nitrogens with zero attached hydrogens (tertiary/aromatic N) is 3. The van der Waals surface area contributed by atoms with Crippen LogP contribution in [0.4, 0.5) is 11.4 Å². The quantitative estimate of drug-likeness (QED) is 0.872. The van der Waals surface area contributed by atoms with Gasteiger partial charge in [-0.2, -0.15) is 5.26 Å². The minimum Gasteiger partial charge on any atom is -0.497 e. The zero-order valence-electron chi connectivity index (χ0n) is 12.7. The number of anilines is 2. The highest BCUT2D eigenvalue weighted by atomic mass is 16.5. The third-order valence-corrected chi connectivity index (χ3v) is 4.06. The van der Waals surface area contributed by atoms with Crippen LogP contribution in [0.3, 0.4) is 0 Å². The highest BCUT2D eigenvalue weighted by Crippen LogP contribution is 2.24. The maximum absolute atomic E-state index is 8.86. The first-order valence-electron chi connectivity index (χ1n) is 7.44. The van der Waals surface area contributed by atoms with Crippen molar-refractivity contribution in [3.63, 3.8) is 0 Å². The second-order valence-electron chi connectivity index (χ2n) is 5.33. The molecule has 0 aliphatic carbocycles. The summed E-state index contributed by atoms with van der Waals surface area (Å²) in [7, 11) is 1.70. The maximum Gasteiger partial charge on any atom is 0.120 e. The first-order valence-corrected chi connectivity index (χ1v) is 7.44. The van der Waals surface area contributed by atoms with E-state index >= 15 is 0 Å². The molecule has 0 saturated carbocycles. The third kappa shape index (κ3) is 2.99. The molecule has 0 unspecified atom stereocenters. The van der Waals surface area contributed by atoms with E-state index in [0.717, 1.165) is 31.9 Å². The SMILES string of the molecule is COc1cccc(N2CCN(c3ccc(C#N)cc3)CC2)c1. The van der Waals surface area contributed by atoms with Crippen molar-refractivity contribution in [1.82, 2.24) is 0 Å². The van der Waals surface area contributed by atoms with Gasteiger partial charge in [-0.15, -0.1) is 0 Å². The van der Waals surface area contributed by atoms with E-state index in [2.05, 4.69) is 28.0 Å². The summed E-state index contributed by atoms with van der Waals surface area (Å²) < 4.78 is 5.29. The summed E-state index contributed by atoms with van der Waals surface area (Å²) in [6.07, 6.45) is 0. The molecular weight excluding hydrogens is 274 g/mol. The van der Waals surface area contributed by atoms with Crippen molar-refractivity contribution in [2.24, 2.45) is 0 Å². The molecule has 3 rings (SSSR count). The Bertz CT molecular complexity index is 667. The van der Waals surface area contributed by atoms with Crippen molar-refractivity contribution in [3.05, 3.63) is 54.1 Å². The van der Waals surface area contributed by atoms with E-state index in [-0.39, 0.29) is 0 Å². The van der Waals surface area contributed by atoms with E-state index in [4.69, 9.17) is 10.00 Å². The molecule has 0 bridgehead atoms. The molecular formula is C18H19N3O. The molecule has 0 N–H and O–H groups in total. The Labute approximate surface area is 131 Å². The molecule has 0 radical (unpaired) electrons. The molecule has 0 atom stereocenters. The second-order valence-corrected chi connectivity index (χ2v) is 5.33. The summed E-state index contributed by atoms with van der Waals surface area (Å²) in [6.45, 7) is 3.91. The molecule has 22 heavy (non-hydrogen) atoms. The van der Waals surface area contributed by atoms with Crippen molar-refractivity contribution in [2.45, 2.75) is 0 Å². The fourth-order valence-electron chi connectivity index (χ4n) is 2.78. The molecule has 1 heterocycles. The summed E-state index contributed by atoms with van der Waals surface area (Å²) in [5.41, 5.74) is 3.10. The van der Waals surface area contributed by atoms with Crippen LogP contribution in [0, 0.1) is 11.3 Å². The number of hydrogen-bond donors (Lipinski definition) is 0. The number of hydrogen-bond acceptors (Lipinski definition) is 4. The molecule has 1 saturated heterocycles. The van der Waals surface area contributed by atoms with Gasteiger partial charge in [0.15, 0.2) is 0 Å². The highest BCUT2D eigenvalue weighted by Gasteiger charge is 2.17. The molecule has 2 aromatic rings. The van der Waals surface area contributed by atoms with E-state index in [9.17, 15) is 0 Å². The van der Waals surface area contributed by atoms with E-state index < -0.39 is 0 Å². The summed E-state index contributed by atoms with van der Waals surface area (Å²) in [5, 5.41) is 8.86. The molecule has 0 spiro atoms. The van der Waals surface area contributed by atoms with Gasteiger partial charge in [-0.25, -0.2) is 0 Å². The van der Waals surface area contributed by atoms with E-state index in [1.54, 1.807) is 7.11 Å². The average molecular weight is 293 g/mol. The fourth-order valence-corrected chi connectivity index (χ4v) is 2.78. The van der Waals surface area contributed by atoms with Gasteiger partial charge in [0, 0.05) is 43.6 Å². The molecule has 4 heteroatoms. The van der Waals surface area contributed by atoms with E-state index in [1.807, 2.05) is 36.4 Å². The summed E-state index contributed by atoms with van der Waals surface area (Å²) in [6, 6.07) is 18.2. The lowest BCUT2D eigenvalue weighted by molar-refractivity contribution is 0.414. The van der Waals surface area contributed by atoms with Crippen LogP contribution in [0.1, 0.15) is 5.56 Å². The number of ether oxygens (including phenoxy) is 1. The lowest BCUT2D eigenvalue weighted by Crippen LogP contribution is -2.46. The summed E-state index contributed by atoms with van der Waals surface area (Å²) >= 11 is 0. The molecule has 4 nitrogen and oxygen atoms in total. The van der Waals surface area contributed by atoms with Crippen LogP contribution in [-0.2, 0) is 0 Å². The Morgan fingerprint density at radius 3 is 2.14 bits per heavy atom. The van der Waals surface area contributed by atoms with Crippen molar-refractivity contribution >= 4 is 11.4 Å². The number of rotatable bonds is 3. The number of nitriles is 1. The normalized spacial score (nSPS) is 14.5. The lowest BCUT2D eigenvalue weighted by atomic mass is 10.2. The Kier molecular flexibility index (Phi) is 4.15. The number of piperazine rings is 1. The maximum atomic E-state index is 8.86. The van der Waals surface area contributed by atoms with Crippen LogP contribution in [0.15, 0.2) is 48.5 Å². The van der Waals surface area contributed by atoms with Crippen molar-refractivity contribution in [3.8, 4) is 11.8 Å². The monoisotopic (exact) mass is 293 g/mol. The van der Waals surface area contributed by atoms with Crippen molar-refractivity contribution < 1.29 is 4.74 Å². The van der Waals surface area contributed by atoms with Gasteiger partial charge in [0.05, 0.1) is 18.7 Å².